The van der Waals surface area contributed by atoms with E-state index in [4.69, 9.17) is 5.26 Å². The zero-order valence-corrected chi connectivity index (χ0v) is 13.9. The summed E-state index contributed by atoms with van der Waals surface area (Å²) in [6.07, 6.45) is 1.19. The van der Waals surface area contributed by atoms with Gasteiger partial charge < -0.3 is 0 Å². The van der Waals surface area contributed by atoms with Crippen LogP contribution in [0.3, 0.4) is 0 Å². The lowest BCUT2D eigenvalue weighted by Gasteiger charge is -2.06. The van der Waals surface area contributed by atoms with Crippen LogP contribution in [0.4, 0.5) is 0 Å². The second kappa shape index (κ2) is 7.67. The molecule has 0 aliphatic heterocycles. The van der Waals surface area contributed by atoms with E-state index in [2.05, 4.69) is 31.0 Å². The Kier molecular flexibility index (Phi) is 5.62. The molecule has 0 saturated heterocycles. The monoisotopic (exact) mass is 323 g/mol. The van der Waals surface area contributed by atoms with Crippen molar-refractivity contribution in [1.82, 2.24) is 4.98 Å². The molecule has 0 radical (unpaired) electrons. The number of thiazole rings is 1. The SMILES string of the molecule is CC(C)CCC(=O)[C@@H](C#N)c1nc(-c2ccc(C#N)cc2)cs1. The molecular formula is C18H17N3OS. The number of hydrogen-bond acceptors (Lipinski definition) is 5. The Labute approximate surface area is 140 Å². The summed E-state index contributed by atoms with van der Waals surface area (Å²) < 4.78 is 0. The lowest BCUT2D eigenvalue weighted by molar-refractivity contribution is -0.119. The Balaban J connectivity index is 2.17. The molecule has 0 unspecified atom stereocenters. The van der Waals surface area contributed by atoms with Crippen LogP contribution in [-0.2, 0) is 4.79 Å². The number of rotatable bonds is 6. The van der Waals surface area contributed by atoms with Crippen LogP contribution in [0, 0.1) is 28.6 Å². The first-order valence-electron chi connectivity index (χ1n) is 7.43. The summed E-state index contributed by atoms with van der Waals surface area (Å²) in [6.45, 7) is 4.11. The average molecular weight is 323 g/mol. The predicted molar refractivity (Wildman–Crippen MR) is 89.7 cm³/mol. The van der Waals surface area contributed by atoms with Gasteiger partial charge in [-0.25, -0.2) is 4.98 Å². The second-order valence-electron chi connectivity index (χ2n) is 5.72. The summed E-state index contributed by atoms with van der Waals surface area (Å²) in [5.41, 5.74) is 2.19. The van der Waals surface area contributed by atoms with Crippen molar-refractivity contribution in [1.29, 1.82) is 10.5 Å². The van der Waals surface area contributed by atoms with Crippen molar-refractivity contribution in [2.45, 2.75) is 32.6 Å². The minimum atomic E-state index is -0.786. The molecule has 0 saturated carbocycles. The molecule has 2 rings (SSSR count). The van der Waals surface area contributed by atoms with Crippen LogP contribution in [0.25, 0.3) is 11.3 Å². The Hall–Kier alpha value is -2.50. The first-order valence-corrected chi connectivity index (χ1v) is 8.31. The van der Waals surface area contributed by atoms with Gasteiger partial charge in [0.05, 0.1) is 23.4 Å². The Bertz CT molecular complexity index is 763. The fourth-order valence-electron chi connectivity index (χ4n) is 2.11. The number of Topliss-reactive ketones (excluding diaryl/α,β-unsaturated/α-hetero) is 1. The van der Waals surface area contributed by atoms with E-state index in [1.54, 1.807) is 12.1 Å². The van der Waals surface area contributed by atoms with Crippen molar-refractivity contribution in [2.75, 3.05) is 0 Å². The van der Waals surface area contributed by atoms with Crippen LogP contribution >= 0.6 is 11.3 Å². The minimum Gasteiger partial charge on any atom is -0.298 e. The van der Waals surface area contributed by atoms with E-state index in [9.17, 15) is 10.1 Å². The van der Waals surface area contributed by atoms with E-state index in [1.807, 2.05) is 17.5 Å². The highest BCUT2D eigenvalue weighted by Gasteiger charge is 2.23. The van der Waals surface area contributed by atoms with Crippen LogP contribution in [0.1, 0.15) is 43.2 Å². The summed E-state index contributed by atoms with van der Waals surface area (Å²) in [6, 6.07) is 11.2. The fourth-order valence-corrected chi connectivity index (χ4v) is 3.00. The molecule has 0 amide bonds. The topological polar surface area (TPSA) is 77.5 Å². The van der Waals surface area contributed by atoms with Crippen molar-refractivity contribution >= 4 is 17.1 Å². The maximum absolute atomic E-state index is 12.2. The first-order chi connectivity index (χ1) is 11.0. The van der Waals surface area contributed by atoms with Gasteiger partial charge in [0.15, 0.2) is 11.7 Å². The molecule has 0 N–H and O–H groups in total. The molecule has 23 heavy (non-hydrogen) atoms. The highest BCUT2D eigenvalue weighted by molar-refractivity contribution is 7.10. The van der Waals surface area contributed by atoms with Crippen molar-refractivity contribution in [2.24, 2.45) is 5.92 Å². The summed E-state index contributed by atoms with van der Waals surface area (Å²) in [7, 11) is 0. The number of benzene rings is 1. The maximum Gasteiger partial charge on any atom is 0.156 e. The van der Waals surface area contributed by atoms with Crippen molar-refractivity contribution < 1.29 is 4.79 Å². The third kappa shape index (κ3) is 4.25. The molecule has 1 aromatic heterocycles. The van der Waals surface area contributed by atoms with Gasteiger partial charge in [0.2, 0.25) is 0 Å². The molecule has 0 bridgehead atoms. The lowest BCUT2D eigenvalue weighted by atomic mass is 9.98. The largest absolute Gasteiger partial charge is 0.298 e. The van der Waals surface area contributed by atoms with Crippen molar-refractivity contribution in [3.8, 4) is 23.4 Å². The molecule has 0 aliphatic rings. The smallest absolute Gasteiger partial charge is 0.156 e. The van der Waals surface area contributed by atoms with Gasteiger partial charge >= 0.3 is 0 Å². The van der Waals surface area contributed by atoms with Gasteiger partial charge in [0.25, 0.3) is 0 Å². The number of ketones is 1. The van der Waals surface area contributed by atoms with E-state index in [0.717, 1.165) is 17.7 Å². The summed E-state index contributed by atoms with van der Waals surface area (Å²) in [5, 5.41) is 20.5. The Morgan fingerprint density at radius 2 is 1.96 bits per heavy atom. The van der Waals surface area contributed by atoms with E-state index < -0.39 is 5.92 Å². The molecule has 1 aromatic carbocycles. The van der Waals surface area contributed by atoms with Gasteiger partial charge in [0.1, 0.15) is 5.01 Å². The molecule has 5 heteroatoms. The zero-order valence-electron chi connectivity index (χ0n) is 13.1. The number of aromatic nitrogens is 1. The van der Waals surface area contributed by atoms with Gasteiger partial charge in [-0.05, 0) is 24.5 Å². The summed E-state index contributed by atoms with van der Waals surface area (Å²) in [4.78, 5) is 16.7. The second-order valence-corrected chi connectivity index (χ2v) is 6.61. The van der Waals surface area contributed by atoms with E-state index in [0.29, 0.717) is 22.9 Å². The third-order valence-corrected chi connectivity index (χ3v) is 4.41. The minimum absolute atomic E-state index is 0.0677. The zero-order chi connectivity index (χ0) is 16.8. The van der Waals surface area contributed by atoms with Crippen molar-refractivity contribution in [3.05, 3.63) is 40.2 Å². The normalized spacial score (nSPS) is 11.7. The van der Waals surface area contributed by atoms with Crippen LogP contribution in [0.2, 0.25) is 0 Å². The number of hydrogen-bond donors (Lipinski definition) is 0. The van der Waals surface area contributed by atoms with E-state index >= 15 is 0 Å². The predicted octanol–water partition coefficient (Wildman–Crippen LogP) is 4.29. The molecule has 0 spiro atoms. The third-order valence-electron chi connectivity index (χ3n) is 3.50. The van der Waals surface area contributed by atoms with E-state index in [-0.39, 0.29) is 5.78 Å². The Morgan fingerprint density at radius 3 is 2.52 bits per heavy atom. The van der Waals surface area contributed by atoms with Gasteiger partial charge in [-0.1, -0.05) is 26.0 Å². The van der Waals surface area contributed by atoms with Crippen molar-refractivity contribution in [3.63, 3.8) is 0 Å². The van der Waals surface area contributed by atoms with Crippen LogP contribution in [-0.4, -0.2) is 10.8 Å². The number of carbonyl (C=O) groups is 1. The highest BCUT2D eigenvalue weighted by Crippen LogP contribution is 2.28. The van der Waals surface area contributed by atoms with Crippen LogP contribution in [0.5, 0.6) is 0 Å². The molecule has 4 nitrogen and oxygen atoms in total. The molecule has 1 atom stereocenters. The quantitative estimate of drug-likeness (QED) is 0.794. The molecule has 0 aliphatic carbocycles. The van der Waals surface area contributed by atoms with Crippen LogP contribution in [0.15, 0.2) is 29.6 Å². The fraction of sp³-hybridized carbons (Fsp3) is 0.333. The average Bonchev–Trinajstić information content (AvgIpc) is 3.03. The van der Waals surface area contributed by atoms with Gasteiger partial charge in [0, 0.05) is 17.4 Å². The van der Waals surface area contributed by atoms with Gasteiger partial charge in [-0.2, -0.15) is 10.5 Å². The molecule has 0 fully saturated rings. The van der Waals surface area contributed by atoms with Gasteiger partial charge in [-0.3, -0.25) is 4.79 Å². The van der Waals surface area contributed by atoms with Gasteiger partial charge in [-0.15, -0.1) is 11.3 Å². The van der Waals surface area contributed by atoms with Crippen LogP contribution < -0.4 is 0 Å². The maximum atomic E-state index is 12.2. The summed E-state index contributed by atoms with van der Waals surface area (Å²) in [5.74, 6) is -0.420. The molecule has 116 valence electrons. The molecule has 2 aromatic rings. The summed E-state index contributed by atoms with van der Waals surface area (Å²) >= 11 is 1.33. The first kappa shape index (κ1) is 16.9. The number of nitrogens with zero attached hydrogens (tertiary/aromatic N) is 3. The molecular weight excluding hydrogens is 306 g/mol. The lowest BCUT2D eigenvalue weighted by Crippen LogP contribution is -2.11. The Morgan fingerprint density at radius 1 is 1.26 bits per heavy atom. The standard InChI is InChI=1S/C18H17N3OS/c1-12(2)3-8-17(22)15(10-20)18-21-16(11-23-18)14-6-4-13(9-19)5-7-14/h4-7,11-12,15H,3,8H2,1-2H3/t15-/m1/s1. The van der Waals surface area contributed by atoms with E-state index in [1.165, 1.54) is 11.3 Å². The number of carbonyl (C=O) groups excluding carboxylic acids is 1. The number of nitriles is 2. The molecule has 1 heterocycles. The highest BCUT2D eigenvalue weighted by atomic mass is 32.1.